The van der Waals surface area contributed by atoms with E-state index < -0.39 is 0 Å². The molecular weight excluding hydrogens is 197 g/mol. The lowest BCUT2D eigenvalue weighted by atomic mass is 10.2. The minimum absolute atomic E-state index is 0.876. The van der Waals surface area contributed by atoms with Gasteiger partial charge in [0, 0.05) is 6.54 Å². The van der Waals surface area contributed by atoms with Gasteiger partial charge in [0.15, 0.2) is 0 Å². The molecule has 0 saturated heterocycles. The van der Waals surface area contributed by atoms with Crippen LogP contribution in [0.5, 0.6) is 0 Å². The monoisotopic (exact) mass is 209 g/mol. The number of hydrogen-bond donors (Lipinski definition) is 0. The quantitative estimate of drug-likeness (QED) is 0.634. The third kappa shape index (κ3) is 1.58. The van der Waals surface area contributed by atoms with Crippen molar-refractivity contribution in [2.45, 2.75) is 6.54 Å². The van der Waals surface area contributed by atoms with E-state index in [1.807, 2.05) is 30.6 Å². The van der Waals surface area contributed by atoms with E-state index in [0.717, 1.165) is 12.1 Å². The van der Waals surface area contributed by atoms with Crippen LogP contribution in [0.1, 0.15) is 5.56 Å². The molecule has 2 heteroatoms. The Bertz CT molecular complexity index is 596. The van der Waals surface area contributed by atoms with Gasteiger partial charge in [-0.1, -0.05) is 42.5 Å². The number of aromatic nitrogens is 2. The Kier molecular flexibility index (Phi) is 2.18. The average Bonchev–Trinajstić information content (AvgIpc) is 2.74. The molecule has 0 amide bonds. The Morgan fingerprint density at radius 1 is 0.875 bits per heavy atom. The highest BCUT2D eigenvalue weighted by atomic mass is 15.2. The van der Waals surface area contributed by atoms with Crippen LogP contribution in [0.4, 0.5) is 0 Å². The molecule has 0 spiro atoms. The molecule has 16 heavy (non-hydrogen) atoms. The summed E-state index contributed by atoms with van der Waals surface area (Å²) in [7, 11) is 0. The summed E-state index contributed by atoms with van der Waals surface area (Å²) in [5.41, 5.74) is 3.54. The van der Waals surface area contributed by atoms with Gasteiger partial charge in [0.1, 0.15) is 0 Å². The highest BCUT2D eigenvalue weighted by molar-refractivity contribution is 5.75. The van der Waals surface area contributed by atoms with Crippen LogP contribution in [-0.4, -0.2) is 9.55 Å². The van der Waals surface area contributed by atoms with Crippen LogP contribution in [0.2, 0.25) is 0 Å². The molecule has 0 fully saturated rings. The molecule has 0 aliphatic carbocycles. The molecule has 0 atom stereocenters. The Hall–Kier alpha value is -2.09. The van der Waals surface area contributed by atoms with Crippen molar-refractivity contribution in [1.29, 1.82) is 0 Å². The Labute approximate surface area is 94.2 Å². The molecule has 3 rings (SSSR count). The lowest BCUT2D eigenvalue weighted by Crippen LogP contribution is -1.97. The lowest BCUT2D eigenvalue weighted by Gasteiger charge is -2.03. The topological polar surface area (TPSA) is 17.8 Å². The highest BCUT2D eigenvalue weighted by Crippen LogP contribution is 2.13. The SMILES string of the molecule is c1ccc(Cn2[13cH]nc3ccccc32)cc1. The zero-order chi connectivity index (χ0) is 10.8. The van der Waals surface area contributed by atoms with Crippen molar-refractivity contribution < 1.29 is 0 Å². The van der Waals surface area contributed by atoms with Gasteiger partial charge in [-0.05, 0) is 17.7 Å². The van der Waals surface area contributed by atoms with Gasteiger partial charge in [-0.3, -0.25) is 0 Å². The molecule has 0 aliphatic rings. The molecule has 2 nitrogen and oxygen atoms in total. The third-order valence-corrected chi connectivity index (χ3v) is 2.72. The maximum atomic E-state index is 4.38. The van der Waals surface area contributed by atoms with Crippen LogP contribution in [0.25, 0.3) is 11.0 Å². The molecule has 0 bridgehead atoms. The Morgan fingerprint density at radius 3 is 2.50 bits per heavy atom. The number of rotatable bonds is 2. The smallest absolute Gasteiger partial charge is 0.0961 e. The number of benzene rings is 2. The van der Waals surface area contributed by atoms with Crippen molar-refractivity contribution in [3.05, 3.63) is 66.5 Å². The summed E-state index contributed by atoms with van der Waals surface area (Å²) in [6.45, 7) is 0.876. The largest absolute Gasteiger partial charge is 0.326 e. The van der Waals surface area contributed by atoms with Gasteiger partial charge < -0.3 is 4.57 Å². The van der Waals surface area contributed by atoms with Crippen LogP contribution >= 0.6 is 0 Å². The zero-order valence-electron chi connectivity index (χ0n) is 8.88. The number of para-hydroxylation sites is 2. The van der Waals surface area contributed by atoms with Crippen LogP contribution in [-0.2, 0) is 6.54 Å². The predicted molar refractivity (Wildman–Crippen MR) is 65.3 cm³/mol. The van der Waals surface area contributed by atoms with E-state index >= 15 is 0 Å². The maximum Gasteiger partial charge on any atom is 0.0961 e. The van der Waals surface area contributed by atoms with E-state index in [0.29, 0.717) is 0 Å². The van der Waals surface area contributed by atoms with Crippen molar-refractivity contribution in [3.63, 3.8) is 0 Å². The summed E-state index contributed by atoms with van der Waals surface area (Å²) in [5, 5.41) is 0. The fourth-order valence-corrected chi connectivity index (χ4v) is 1.92. The van der Waals surface area contributed by atoms with Gasteiger partial charge in [0.05, 0.1) is 17.4 Å². The van der Waals surface area contributed by atoms with Gasteiger partial charge in [-0.15, -0.1) is 0 Å². The molecule has 78 valence electrons. The van der Waals surface area contributed by atoms with Crippen molar-refractivity contribution in [3.8, 4) is 0 Å². The van der Waals surface area contributed by atoms with Crippen molar-refractivity contribution in [2.24, 2.45) is 0 Å². The van der Waals surface area contributed by atoms with Crippen LogP contribution in [0.15, 0.2) is 60.9 Å². The van der Waals surface area contributed by atoms with Crippen LogP contribution in [0, 0.1) is 0 Å². The molecule has 0 N–H and O–H groups in total. The molecule has 0 aliphatic heterocycles. The minimum Gasteiger partial charge on any atom is -0.326 e. The number of imidazole rings is 1. The fourth-order valence-electron chi connectivity index (χ4n) is 1.92. The first-order chi connectivity index (χ1) is 7.93. The molecule has 1 heterocycles. The maximum absolute atomic E-state index is 4.38. The zero-order valence-corrected chi connectivity index (χ0v) is 8.88. The molecule has 0 radical (unpaired) electrons. The van der Waals surface area contributed by atoms with Crippen LogP contribution < -0.4 is 0 Å². The van der Waals surface area contributed by atoms with Crippen molar-refractivity contribution >= 4 is 11.0 Å². The van der Waals surface area contributed by atoms with E-state index in [2.05, 4.69) is 39.9 Å². The molecular formula is C14H12N2. The second-order valence-electron chi connectivity index (χ2n) is 3.85. The van der Waals surface area contributed by atoms with Gasteiger partial charge in [0.25, 0.3) is 0 Å². The first kappa shape index (κ1) is 9.16. The Balaban J connectivity index is 2.01. The summed E-state index contributed by atoms with van der Waals surface area (Å²) in [6.07, 6.45) is 1.90. The second kappa shape index (κ2) is 3.81. The third-order valence-electron chi connectivity index (χ3n) is 2.72. The summed E-state index contributed by atoms with van der Waals surface area (Å²) in [5.74, 6) is 0. The van der Waals surface area contributed by atoms with E-state index in [1.165, 1.54) is 11.1 Å². The number of fused-ring (bicyclic) bond motifs is 1. The van der Waals surface area contributed by atoms with Gasteiger partial charge in [0.2, 0.25) is 0 Å². The molecule has 2 aromatic carbocycles. The Morgan fingerprint density at radius 2 is 1.62 bits per heavy atom. The molecule has 3 aromatic rings. The van der Waals surface area contributed by atoms with Crippen molar-refractivity contribution in [1.82, 2.24) is 9.55 Å². The normalized spacial score (nSPS) is 10.8. The van der Waals surface area contributed by atoms with Gasteiger partial charge in [-0.2, -0.15) is 0 Å². The number of nitrogens with zero attached hydrogens (tertiary/aromatic N) is 2. The summed E-state index contributed by atoms with van der Waals surface area (Å²) >= 11 is 0. The first-order valence-corrected chi connectivity index (χ1v) is 5.37. The van der Waals surface area contributed by atoms with E-state index in [1.54, 1.807) is 0 Å². The summed E-state index contributed by atoms with van der Waals surface area (Å²) < 4.78 is 2.17. The standard InChI is InChI=1S/C14H12N2/c1-2-6-12(7-3-1)10-16-11-15-13-8-4-5-9-14(13)16/h1-9,11H,10H2/i11+1. The van der Waals surface area contributed by atoms with Crippen molar-refractivity contribution in [2.75, 3.05) is 0 Å². The second-order valence-corrected chi connectivity index (χ2v) is 3.85. The van der Waals surface area contributed by atoms with E-state index in [9.17, 15) is 0 Å². The van der Waals surface area contributed by atoms with Gasteiger partial charge in [-0.25, -0.2) is 4.98 Å². The molecule has 0 saturated carbocycles. The lowest BCUT2D eigenvalue weighted by molar-refractivity contribution is 0.824. The minimum atomic E-state index is 0.876. The van der Waals surface area contributed by atoms with E-state index in [4.69, 9.17) is 0 Å². The first-order valence-electron chi connectivity index (χ1n) is 5.37. The molecule has 0 unspecified atom stereocenters. The fraction of sp³-hybridized carbons (Fsp3) is 0.0714. The van der Waals surface area contributed by atoms with Gasteiger partial charge >= 0.3 is 0 Å². The summed E-state index contributed by atoms with van der Waals surface area (Å²) in [4.78, 5) is 4.38. The average molecular weight is 209 g/mol. The number of hydrogen-bond acceptors (Lipinski definition) is 1. The predicted octanol–water partition coefficient (Wildman–Crippen LogP) is 3.08. The van der Waals surface area contributed by atoms with Crippen LogP contribution in [0.3, 0.4) is 0 Å². The summed E-state index contributed by atoms with van der Waals surface area (Å²) in [6, 6.07) is 18.6. The van der Waals surface area contributed by atoms with E-state index in [-0.39, 0.29) is 0 Å². The molecule has 1 aromatic heterocycles. The highest BCUT2D eigenvalue weighted by Gasteiger charge is 2.01.